The average Bonchev–Trinajstić information content (AvgIpc) is 3.30. The van der Waals surface area contributed by atoms with Crippen molar-refractivity contribution in [1.29, 1.82) is 0 Å². The molecule has 11 heteroatoms. The molecule has 32 heavy (non-hydrogen) atoms. The van der Waals surface area contributed by atoms with Crippen molar-refractivity contribution in [3.05, 3.63) is 41.7 Å². The number of hydrogen-bond donors (Lipinski definition) is 2. The molecule has 0 radical (unpaired) electrons. The Labute approximate surface area is 188 Å². The van der Waals surface area contributed by atoms with Gasteiger partial charge in [-0.3, -0.25) is 9.48 Å². The number of carbonyl (C=O) groups excluding carboxylic acids is 1. The number of nitrogens with one attached hydrogen (secondary N) is 1. The molecular formula is C21H25F2N7OS. The van der Waals surface area contributed by atoms with Crippen LogP contribution in [-0.4, -0.2) is 58.3 Å². The van der Waals surface area contributed by atoms with Crippen LogP contribution < -0.4 is 16.0 Å². The predicted molar refractivity (Wildman–Crippen MR) is 122 cm³/mol. The van der Waals surface area contributed by atoms with Gasteiger partial charge in [0.15, 0.2) is 11.5 Å². The van der Waals surface area contributed by atoms with E-state index in [1.165, 1.54) is 6.07 Å². The molecule has 8 nitrogen and oxygen atoms in total. The number of halogens is 2. The molecule has 1 amide bonds. The number of benzene rings is 1. The van der Waals surface area contributed by atoms with Crippen LogP contribution in [0.2, 0.25) is 0 Å². The van der Waals surface area contributed by atoms with Crippen molar-refractivity contribution in [2.45, 2.75) is 19.4 Å². The lowest BCUT2D eigenvalue weighted by Gasteiger charge is -2.41. The van der Waals surface area contributed by atoms with Crippen LogP contribution in [0.4, 0.5) is 25.3 Å². The van der Waals surface area contributed by atoms with Gasteiger partial charge >= 0.3 is 0 Å². The maximum absolute atomic E-state index is 14.1. The molecule has 0 unspecified atom stereocenters. The van der Waals surface area contributed by atoms with Crippen molar-refractivity contribution < 1.29 is 13.6 Å². The van der Waals surface area contributed by atoms with Gasteiger partial charge < -0.3 is 20.9 Å². The lowest BCUT2D eigenvalue weighted by molar-refractivity contribution is 0.102. The summed E-state index contributed by atoms with van der Waals surface area (Å²) in [7, 11) is 3.92. The van der Waals surface area contributed by atoms with Gasteiger partial charge in [0.1, 0.15) is 27.3 Å². The molecule has 1 aliphatic heterocycles. The summed E-state index contributed by atoms with van der Waals surface area (Å²) in [5.41, 5.74) is 6.15. The van der Waals surface area contributed by atoms with Crippen LogP contribution in [-0.2, 0) is 7.05 Å². The number of likely N-dealkylation sites (N-methyl/N-ethyl adjacent to an activating group) is 1. The van der Waals surface area contributed by atoms with Crippen LogP contribution in [0.25, 0.3) is 10.6 Å². The fourth-order valence-electron chi connectivity index (χ4n) is 3.98. The third-order valence-electron chi connectivity index (χ3n) is 5.63. The van der Waals surface area contributed by atoms with E-state index in [1.54, 1.807) is 10.9 Å². The van der Waals surface area contributed by atoms with Gasteiger partial charge in [-0.15, -0.1) is 0 Å². The third-order valence-corrected chi connectivity index (χ3v) is 6.53. The first kappa shape index (κ1) is 22.2. The minimum atomic E-state index is -0.763. The van der Waals surface area contributed by atoms with Crippen LogP contribution in [0.3, 0.4) is 0 Å². The molecule has 1 saturated heterocycles. The van der Waals surface area contributed by atoms with E-state index >= 15 is 0 Å². The first-order valence-corrected chi connectivity index (χ1v) is 11.1. The minimum Gasteiger partial charge on any atom is -0.389 e. The Morgan fingerprint density at radius 2 is 2.00 bits per heavy atom. The molecule has 1 fully saturated rings. The third kappa shape index (κ3) is 4.05. The van der Waals surface area contributed by atoms with E-state index in [9.17, 15) is 13.6 Å². The highest BCUT2D eigenvalue weighted by Crippen LogP contribution is 2.35. The Bertz CT molecular complexity index is 1130. The monoisotopic (exact) mass is 461 g/mol. The lowest BCUT2D eigenvalue weighted by Crippen LogP contribution is -2.52. The summed E-state index contributed by atoms with van der Waals surface area (Å²) in [6.45, 7) is 4.73. The first-order chi connectivity index (χ1) is 15.3. The van der Waals surface area contributed by atoms with Crippen molar-refractivity contribution in [3.63, 3.8) is 0 Å². The van der Waals surface area contributed by atoms with Gasteiger partial charge in [-0.25, -0.2) is 13.8 Å². The highest BCUT2D eigenvalue weighted by Gasteiger charge is 2.29. The molecular weight excluding hydrogens is 436 g/mol. The molecule has 1 atom stereocenters. The number of aryl methyl sites for hydroxylation is 1. The van der Waals surface area contributed by atoms with Crippen LogP contribution in [0.5, 0.6) is 0 Å². The molecule has 0 aliphatic carbocycles. The molecule has 170 valence electrons. The summed E-state index contributed by atoms with van der Waals surface area (Å²) in [6.07, 6.45) is 2.53. The standard InChI is InChI=1S/C21H25F2N7OS/c1-4-12-11-28(2)8-9-30(12)21-15(10-25-29(21)3)26-19(31)17-18(24)32-20(27-17)16-13(22)6-5-7-14(16)23/h5-7,10,12H,4,8-9,11,24H2,1-3H3,(H,26,31)/t12-/m1/s1. The van der Waals surface area contributed by atoms with Gasteiger partial charge in [0.05, 0.1) is 11.8 Å². The van der Waals surface area contributed by atoms with Crippen LogP contribution in [0.1, 0.15) is 23.8 Å². The number of anilines is 3. The van der Waals surface area contributed by atoms with E-state index in [-0.39, 0.29) is 27.3 Å². The Hall–Kier alpha value is -3.05. The zero-order valence-electron chi connectivity index (χ0n) is 18.1. The Morgan fingerprint density at radius 1 is 1.28 bits per heavy atom. The average molecular weight is 462 g/mol. The van der Waals surface area contributed by atoms with Crippen LogP contribution >= 0.6 is 11.3 Å². The van der Waals surface area contributed by atoms with Gasteiger partial charge in [-0.2, -0.15) is 5.10 Å². The zero-order chi connectivity index (χ0) is 23.0. The number of piperazine rings is 1. The fraction of sp³-hybridized carbons (Fsp3) is 0.381. The number of rotatable bonds is 5. The Balaban J connectivity index is 1.62. The molecule has 2 aromatic heterocycles. The van der Waals surface area contributed by atoms with E-state index in [2.05, 4.69) is 39.2 Å². The molecule has 0 spiro atoms. The first-order valence-electron chi connectivity index (χ1n) is 10.3. The second-order valence-electron chi connectivity index (χ2n) is 7.81. The summed E-state index contributed by atoms with van der Waals surface area (Å²) >= 11 is 0.865. The number of nitrogens with two attached hydrogens (primary N) is 1. The topological polar surface area (TPSA) is 92.3 Å². The van der Waals surface area contributed by atoms with E-state index in [4.69, 9.17) is 5.73 Å². The number of hydrogen-bond acceptors (Lipinski definition) is 7. The van der Waals surface area contributed by atoms with Crippen molar-refractivity contribution >= 4 is 33.8 Å². The minimum absolute atomic E-state index is 0.0137. The van der Waals surface area contributed by atoms with Crippen molar-refractivity contribution in [3.8, 4) is 10.6 Å². The molecule has 3 heterocycles. The highest BCUT2D eigenvalue weighted by molar-refractivity contribution is 7.19. The normalized spacial score (nSPS) is 17.0. The number of aromatic nitrogens is 3. The molecule has 3 N–H and O–H groups in total. The zero-order valence-corrected chi connectivity index (χ0v) is 18.9. The molecule has 1 aliphatic rings. The predicted octanol–water partition coefficient (Wildman–Crippen LogP) is 3.19. The van der Waals surface area contributed by atoms with Crippen molar-refractivity contribution in [1.82, 2.24) is 19.7 Å². The number of carbonyl (C=O) groups is 1. The summed E-state index contributed by atoms with van der Waals surface area (Å²) in [6, 6.07) is 3.82. The van der Waals surface area contributed by atoms with Gasteiger partial charge in [0.25, 0.3) is 5.91 Å². The second kappa shape index (κ2) is 8.83. The SMILES string of the molecule is CC[C@@H]1CN(C)CCN1c1c(NC(=O)c2nc(-c3c(F)cccc3F)sc2N)cnn1C. The summed E-state index contributed by atoms with van der Waals surface area (Å²) in [5, 5.41) is 7.25. The highest BCUT2D eigenvalue weighted by atomic mass is 32.1. The molecule has 1 aromatic carbocycles. The lowest BCUT2D eigenvalue weighted by atomic mass is 10.1. The largest absolute Gasteiger partial charge is 0.389 e. The van der Waals surface area contributed by atoms with Gasteiger partial charge in [0.2, 0.25) is 0 Å². The van der Waals surface area contributed by atoms with Crippen molar-refractivity contribution in [2.75, 3.05) is 42.6 Å². The van der Waals surface area contributed by atoms with E-state index in [0.29, 0.717) is 5.69 Å². The maximum atomic E-state index is 14.1. The summed E-state index contributed by atoms with van der Waals surface area (Å²) in [5.74, 6) is -1.28. The summed E-state index contributed by atoms with van der Waals surface area (Å²) in [4.78, 5) is 21.7. The van der Waals surface area contributed by atoms with Gasteiger partial charge in [0, 0.05) is 32.7 Å². The fourth-order valence-corrected chi connectivity index (χ4v) is 4.86. The smallest absolute Gasteiger partial charge is 0.277 e. The van der Waals surface area contributed by atoms with Gasteiger partial charge in [-0.05, 0) is 25.6 Å². The van der Waals surface area contributed by atoms with Crippen LogP contribution in [0, 0.1) is 11.6 Å². The van der Waals surface area contributed by atoms with Crippen LogP contribution in [0.15, 0.2) is 24.4 Å². The summed E-state index contributed by atoms with van der Waals surface area (Å²) < 4.78 is 30.0. The van der Waals surface area contributed by atoms with Crippen molar-refractivity contribution in [2.24, 2.45) is 7.05 Å². The van der Waals surface area contributed by atoms with E-state index < -0.39 is 17.5 Å². The van der Waals surface area contributed by atoms with Gasteiger partial charge in [-0.1, -0.05) is 24.3 Å². The Kier molecular flexibility index (Phi) is 6.11. The number of nitrogen functional groups attached to an aromatic ring is 1. The molecule has 3 aromatic rings. The molecule has 0 saturated carbocycles. The Morgan fingerprint density at radius 3 is 2.69 bits per heavy atom. The molecule has 0 bridgehead atoms. The quantitative estimate of drug-likeness (QED) is 0.606. The number of thiazole rings is 1. The number of amides is 1. The number of nitrogens with zero attached hydrogens (tertiary/aromatic N) is 5. The van der Waals surface area contributed by atoms with E-state index in [1.807, 2.05) is 7.05 Å². The molecule has 4 rings (SSSR count). The maximum Gasteiger partial charge on any atom is 0.277 e. The van der Waals surface area contributed by atoms with E-state index in [0.717, 1.165) is 55.3 Å². The second-order valence-corrected chi connectivity index (χ2v) is 8.84.